The summed E-state index contributed by atoms with van der Waals surface area (Å²) in [6.07, 6.45) is 5.66. The number of anilines is 1. The van der Waals surface area contributed by atoms with Crippen LogP contribution in [0.2, 0.25) is 0 Å². The molecular formula is C13H18N4O. The van der Waals surface area contributed by atoms with Crippen molar-refractivity contribution in [3.05, 3.63) is 18.6 Å². The van der Waals surface area contributed by atoms with Gasteiger partial charge in [-0.05, 0) is 24.8 Å². The van der Waals surface area contributed by atoms with Crippen LogP contribution in [0.3, 0.4) is 0 Å². The van der Waals surface area contributed by atoms with Gasteiger partial charge in [0, 0.05) is 12.7 Å². The van der Waals surface area contributed by atoms with Gasteiger partial charge in [-0.2, -0.15) is 0 Å². The molecule has 2 atom stereocenters. The van der Waals surface area contributed by atoms with E-state index in [1.165, 1.54) is 6.42 Å². The van der Waals surface area contributed by atoms with Gasteiger partial charge < -0.3 is 15.0 Å². The molecule has 5 nitrogen and oxygen atoms in total. The number of aliphatic hydroxyl groups excluding tert-OH is 1. The van der Waals surface area contributed by atoms with Gasteiger partial charge in [0.05, 0.1) is 18.0 Å². The van der Waals surface area contributed by atoms with Crippen LogP contribution in [0, 0.1) is 5.92 Å². The minimum Gasteiger partial charge on any atom is -0.394 e. The maximum Gasteiger partial charge on any atom is 0.142 e. The summed E-state index contributed by atoms with van der Waals surface area (Å²) in [5.41, 5.74) is 0.856. The quantitative estimate of drug-likeness (QED) is 0.844. The smallest absolute Gasteiger partial charge is 0.142 e. The second-order valence-electron chi connectivity index (χ2n) is 5.11. The monoisotopic (exact) mass is 246 g/mol. The second-order valence-corrected chi connectivity index (χ2v) is 5.11. The Kier molecular flexibility index (Phi) is 2.91. The van der Waals surface area contributed by atoms with Crippen LogP contribution in [0.5, 0.6) is 0 Å². The number of aromatic amines is 1. The average Bonchev–Trinajstić information content (AvgIpc) is 2.86. The summed E-state index contributed by atoms with van der Waals surface area (Å²) < 4.78 is 0. The van der Waals surface area contributed by atoms with E-state index >= 15 is 0 Å². The Hall–Kier alpha value is -1.62. The summed E-state index contributed by atoms with van der Waals surface area (Å²) >= 11 is 0. The zero-order valence-electron chi connectivity index (χ0n) is 10.5. The first-order valence-electron chi connectivity index (χ1n) is 6.45. The van der Waals surface area contributed by atoms with E-state index in [4.69, 9.17) is 0 Å². The lowest BCUT2D eigenvalue weighted by molar-refractivity contribution is 0.226. The predicted octanol–water partition coefficient (Wildman–Crippen LogP) is 1.56. The molecule has 2 aromatic rings. The Morgan fingerprint density at radius 3 is 3.17 bits per heavy atom. The number of nitrogens with one attached hydrogen (secondary N) is 1. The van der Waals surface area contributed by atoms with E-state index in [0.29, 0.717) is 5.92 Å². The Bertz CT molecular complexity index is 539. The van der Waals surface area contributed by atoms with E-state index in [-0.39, 0.29) is 12.6 Å². The van der Waals surface area contributed by atoms with E-state index in [0.717, 1.165) is 29.8 Å². The van der Waals surface area contributed by atoms with Gasteiger partial charge in [0.15, 0.2) is 0 Å². The molecule has 18 heavy (non-hydrogen) atoms. The zero-order valence-corrected chi connectivity index (χ0v) is 10.5. The zero-order chi connectivity index (χ0) is 12.5. The molecule has 1 fully saturated rings. The largest absolute Gasteiger partial charge is 0.394 e. The third kappa shape index (κ3) is 1.84. The average molecular weight is 246 g/mol. The number of hydrogen-bond acceptors (Lipinski definition) is 4. The standard InChI is InChI=1S/C13H18N4O/c1-9-2-3-10(7-18)17(6-9)13-11-4-5-14-12(11)15-8-16-13/h4-5,8-10,18H,2-3,6-7H2,1H3,(H,14,15,16)/t9-,10+/m1/s1. The van der Waals surface area contributed by atoms with Crippen LogP contribution < -0.4 is 4.90 Å². The summed E-state index contributed by atoms with van der Waals surface area (Å²) in [5, 5.41) is 10.6. The molecule has 0 saturated carbocycles. The molecule has 1 saturated heterocycles. The van der Waals surface area contributed by atoms with Crippen molar-refractivity contribution in [2.75, 3.05) is 18.1 Å². The molecule has 3 heterocycles. The molecule has 0 radical (unpaired) electrons. The number of piperidine rings is 1. The van der Waals surface area contributed by atoms with E-state index < -0.39 is 0 Å². The van der Waals surface area contributed by atoms with Crippen LogP contribution in [-0.4, -0.2) is 39.3 Å². The lowest BCUT2D eigenvalue weighted by atomic mass is 9.94. The summed E-state index contributed by atoms with van der Waals surface area (Å²) in [7, 11) is 0. The van der Waals surface area contributed by atoms with Crippen LogP contribution in [0.1, 0.15) is 19.8 Å². The Labute approximate surface area is 106 Å². The minimum absolute atomic E-state index is 0.175. The van der Waals surface area contributed by atoms with Crippen molar-refractivity contribution in [2.24, 2.45) is 5.92 Å². The molecule has 0 spiro atoms. The topological polar surface area (TPSA) is 65.0 Å². The van der Waals surface area contributed by atoms with Crippen LogP contribution in [-0.2, 0) is 0 Å². The summed E-state index contributed by atoms with van der Waals surface area (Å²) in [4.78, 5) is 14.0. The number of H-pyrrole nitrogens is 1. The minimum atomic E-state index is 0.175. The third-order valence-electron chi connectivity index (χ3n) is 3.76. The molecule has 5 heteroatoms. The van der Waals surface area contributed by atoms with E-state index in [9.17, 15) is 5.11 Å². The third-order valence-corrected chi connectivity index (χ3v) is 3.76. The van der Waals surface area contributed by atoms with E-state index in [1.807, 2.05) is 12.3 Å². The lowest BCUT2D eigenvalue weighted by Crippen LogP contribution is -2.45. The van der Waals surface area contributed by atoms with Gasteiger partial charge in [-0.1, -0.05) is 6.92 Å². The molecule has 0 amide bonds. The summed E-state index contributed by atoms with van der Waals surface area (Å²) in [6, 6.07) is 2.17. The SMILES string of the molecule is C[C@@H]1CC[C@@H](CO)N(c2ncnc3[nH]ccc23)C1. The van der Waals surface area contributed by atoms with Crippen LogP contribution in [0.15, 0.2) is 18.6 Å². The molecular weight excluding hydrogens is 228 g/mol. The summed E-state index contributed by atoms with van der Waals surface area (Å²) in [5.74, 6) is 1.57. The molecule has 0 aromatic carbocycles. The molecule has 0 bridgehead atoms. The van der Waals surface area contributed by atoms with Crippen molar-refractivity contribution in [1.82, 2.24) is 15.0 Å². The van der Waals surface area contributed by atoms with Gasteiger partial charge in [-0.15, -0.1) is 0 Å². The highest BCUT2D eigenvalue weighted by molar-refractivity contribution is 5.87. The highest BCUT2D eigenvalue weighted by Crippen LogP contribution is 2.30. The normalized spacial score (nSPS) is 24.7. The summed E-state index contributed by atoms with van der Waals surface area (Å²) in [6.45, 7) is 3.38. The van der Waals surface area contributed by atoms with E-state index in [2.05, 4.69) is 26.8 Å². The second kappa shape index (κ2) is 4.57. The Morgan fingerprint density at radius 2 is 2.33 bits per heavy atom. The van der Waals surface area contributed by atoms with Gasteiger partial charge in [0.25, 0.3) is 0 Å². The molecule has 1 aliphatic heterocycles. The molecule has 1 aliphatic rings. The molecule has 2 aromatic heterocycles. The van der Waals surface area contributed by atoms with Crippen molar-refractivity contribution >= 4 is 16.9 Å². The Morgan fingerprint density at radius 1 is 1.44 bits per heavy atom. The number of fused-ring (bicyclic) bond motifs is 1. The lowest BCUT2D eigenvalue weighted by Gasteiger charge is -2.38. The van der Waals surface area contributed by atoms with Gasteiger partial charge in [0.1, 0.15) is 17.8 Å². The van der Waals surface area contributed by atoms with Gasteiger partial charge >= 0.3 is 0 Å². The molecule has 3 rings (SSSR count). The van der Waals surface area contributed by atoms with Crippen LogP contribution in [0.4, 0.5) is 5.82 Å². The first-order chi connectivity index (χ1) is 8.79. The Balaban J connectivity index is 2.03. The van der Waals surface area contributed by atoms with Crippen molar-refractivity contribution in [3.8, 4) is 0 Å². The van der Waals surface area contributed by atoms with Crippen LogP contribution in [0.25, 0.3) is 11.0 Å². The highest BCUT2D eigenvalue weighted by atomic mass is 16.3. The molecule has 0 aliphatic carbocycles. The first-order valence-corrected chi connectivity index (χ1v) is 6.45. The van der Waals surface area contributed by atoms with Gasteiger partial charge in [-0.3, -0.25) is 0 Å². The molecule has 2 N–H and O–H groups in total. The van der Waals surface area contributed by atoms with Crippen molar-refractivity contribution in [2.45, 2.75) is 25.8 Å². The highest BCUT2D eigenvalue weighted by Gasteiger charge is 2.27. The van der Waals surface area contributed by atoms with Gasteiger partial charge in [0.2, 0.25) is 0 Å². The van der Waals surface area contributed by atoms with Crippen molar-refractivity contribution in [1.29, 1.82) is 0 Å². The van der Waals surface area contributed by atoms with Gasteiger partial charge in [-0.25, -0.2) is 9.97 Å². The predicted molar refractivity (Wildman–Crippen MR) is 70.5 cm³/mol. The number of aliphatic hydroxyl groups is 1. The maximum absolute atomic E-state index is 9.54. The fraction of sp³-hybridized carbons (Fsp3) is 0.538. The van der Waals surface area contributed by atoms with E-state index in [1.54, 1.807) is 6.33 Å². The molecule has 96 valence electrons. The maximum atomic E-state index is 9.54. The molecule has 0 unspecified atom stereocenters. The fourth-order valence-corrected chi connectivity index (χ4v) is 2.75. The number of rotatable bonds is 2. The number of nitrogens with zero attached hydrogens (tertiary/aromatic N) is 3. The van der Waals surface area contributed by atoms with Crippen molar-refractivity contribution in [3.63, 3.8) is 0 Å². The number of aromatic nitrogens is 3. The van der Waals surface area contributed by atoms with Crippen molar-refractivity contribution < 1.29 is 5.11 Å². The van der Waals surface area contributed by atoms with Crippen LogP contribution >= 0.6 is 0 Å². The first kappa shape index (κ1) is 11.5. The number of hydrogen-bond donors (Lipinski definition) is 2. The fourth-order valence-electron chi connectivity index (χ4n) is 2.75.